The Balaban J connectivity index is 1.79. The zero-order valence-corrected chi connectivity index (χ0v) is 19.7. The van der Waals surface area contributed by atoms with Crippen LogP contribution in [0.4, 0.5) is 5.69 Å². The molecule has 0 saturated carbocycles. The first-order chi connectivity index (χ1) is 16.4. The van der Waals surface area contributed by atoms with Crippen molar-refractivity contribution in [1.29, 1.82) is 0 Å². The van der Waals surface area contributed by atoms with Crippen molar-refractivity contribution in [2.75, 3.05) is 26.6 Å². The lowest BCUT2D eigenvalue weighted by atomic mass is 10.1. The van der Waals surface area contributed by atoms with Crippen molar-refractivity contribution in [3.8, 4) is 17.2 Å². The number of carbonyl (C=O) groups excluding carboxylic acids is 2. The molecule has 1 atom stereocenters. The van der Waals surface area contributed by atoms with E-state index in [1.54, 1.807) is 60.7 Å². The standard InChI is InChI=1S/C26H24ClNO6/c1-31-20-11-7-10-19(16-20)28-26(30)24(18-8-5-4-6-9-18)34-23(29)13-12-17-14-21(27)25(33-3)22(15-17)32-2/h4-16,24H,1-3H3,(H,28,30)/b13-12+. The van der Waals surface area contributed by atoms with Crippen molar-refractivity contribution < 1.29 is 28.5 Å². The summed E-state index contributed by atoms with van der Waals surface area (Å²) >= 11 is 6.22. The van der Waals surface area contributed by atoms with Gasteiger partial charge in [0.05, 0.1) is 26.4 Å². The zero-order chi connectivity index (χ0) is 24.5. The third-order valence-corrected chi connectivity index (χ3v) is 5.06. The lowest BCUT2D eigenvalue weighted by molar-refractivity contribution is -0.149. The van der Waals surface area contributed by atoms with E-state index in [0.29, 0.717) is 39.1 Å². The average Bonchev–Trinajstić information content (AvgIpc) is 2.86. The molecule has 0 bridgehead atoms. The summed E-state index contributed by atoms with van der Waals surface area (Å²) in [6, 6.07) is 18.9. The van der Waals surface area contributed by atoms with Gasteiger partial charge in [0.25, 0.3) is 5.91 Å². The van der Waals surface area contributed by atoms with E-state index in [1.807, 2.05) is 6.07 Å². The van der Waals surface area contributed by atoms with Gasteiger partial charge in [-0.3, -0.25) is 4.79 Å². The van der Waals surface area contributed by atoms with Crippen LogP contribution in [0.1, 0.15) is 17.2 Å². The Labute approximate surface area is 202 Å². The fraction of sp³-hybridized carbons (Fsp3) is 0.154. The zero-order valence-electron chi connectivity index (χ0n) is 18.9. The topological polar surface area (TPSA) is 83.1 Å². The summed E-state index contributed by atoms with van der Waals surface area (Å²) in [4.78, 5) is 25.6. The van der Waals surface area contributed by atoms with Crippen molar-refractivity contribution >= 4 is 35.2 Å². The van der Waals surface area contributed by atoms with Gasteiger partial charge in [-0.1, -0.05) is 48.0 Å². The van der Waals surface area contributed by atoms with E-state index in [0.717, 1.165) is 0 Å². The van der Waals surface area contributed by atoms with Crippen LogP contribution in [0.3, 0.4) is 0 Å². The van der Waals surface area contributed by atoms with Gasteiger partial charge in [0.1, 0.15) is 5.75 Å². The van der Waals surface area contributed by atoms with Crippen molar-refractivity contribution in [3.05, 3.63) is 89.0 Å². The van der Waals surface area contributed by atoms with E-state index in [2.05, 4.69) is 5.32 Å². The molecule has 1 amide bonds. The van der Waals surface area contributed by atoms with Gasteiger partial charge in [0.15, 0.2) is 11.5 Å². The second kappa shape index (κ2) is 11.8. The van der Waals surface area contributed by atoms with Crippen LogP contribution in [0.2, 0.25) is 5.02 Å². The van der Waals surface area contributed by atoms with Crippen LogP contribution in [0.5, 0.6) is 17.2 Å². The fourth-order valence-corrected chi connectivity index (χ4v) is 3.46. The first-order valence-electron chi connectivity index (χ1n) is 10.2. The number of ether oxygens (including phenoxy) is 4. The van der Waals surface area contributed by atoms with Crippen LogP contribution in [-0.2, 0) is 14.3 Å². The van der Waals surface area contributed by atoms with Crippen molar-refractivity contribution in [1.82, 2.24) is 0 Å². The normalized spacial score (nSPS) is 11.5. The number of amides is 1. The van der Waals surface area contributed by atoms with E-state index in [9.17, 15) is 9.59 Å². The minimum Gasteiger partial charge on any atom is -0.497 e. The molecule has 0 aliphatic rings. The van der Waals surface area contributed by atoms with Gasteiger partial charge in [-0.05, 0) is 35.9 Å². The summed E-state index contributed by atoms with van der Waals surface area (Å²) in [7, 11) is 4.51. The van der Waals surface area contributed by atoms with Gasteiger partial charge in [-0.25, -0.2) is 4.79 Å². The monoisotopic (exact) mass is 481 g/mol. The molecule has 8 heteroatoms. The molecule has 3 rings (SSSR count). The van der Waals surface area contributed by atoms with Gasteiger partial charge in [-0.2, -0.15) is 0 Å². The molecule has 0 radical (unpaired) electrons. The molecule has 0 aliphatic heterocycles. The Kier molecular flexibility index (Phi) is 8.54. The molecule has 0 aliphatic carbocycles. The predicted molar refractivity (Wildman–Crippen MR) is 130 cm³/mol. The molecule has 176 valence electrons. The van der Waals surface area contributed by atoms with Crippen LogP contribution < -0.4 is 19.5 Å². The van der Waals surface area contributed by atoms with Crippen molar-refractivity contribution in [3.63, 3.8) is 0 Å². The van der Waals surface area contributed by atoms with Crippen molar-refractivity contribution in [2.24, 2.45) is 0 Å². The van der Waals surface area contributed by atoms with Gasteiger partial charge >= 0.3 is 5.97 Å². The van der Waals surface area contributed by atoms with E-state index in [-0.39, 0.29) is 0 Å². The third-order valence-electron chi connectivity index (χ3n) is 4.78. The first kappa shape index (κ1) is 24.7. The maximum absolute atomic E-state index is 13.0. The molecule has 0 aromatic heterocycles. The van der Waals surface area contributed by atoms with Crippen LogP contribution >= 0.6 is 11.6 Å². The Hall–Kier alpha value is -3.97. The molecule has 3 aromatic rings. The molecule has 0 heterocycles. The second-order valence-corrected chi connectivity index (χ2v) is 7.43. The third kappa shape index (κ3) is 6.30. The molecule has 1 unspecified atom stereocenters. The fourth-order valence-electron chi connectivity index (χ4n) is 3.16. The summed E-state index contributed by atoms with van der Waals surface area (Å²) in [5.74, 6) is 0.184. The second-order valence-electron chi connectivity index (χ2n) is 7.02. The Morgan fingerprint density at radius 1 is 0.912 bits per heavy atom. The van der Waals surface area contributed by atoms with Gasteiger partial charge in [-0.15, -0.1) is 0 Å². The van der Waals surface area contributed by atoms with Crippen LogP contribution in [0, 0.1) is 0 Å². The lowest BCUT2D eigenvalue weighted by Gasteiger charge is -2.17. The highest BCUT2D eigenvalue weighted by molar-refractivity contribution is 6.32. The number of anilines is 1. The number of hydrogen-bond acceptors (Lipinski definition) is 6. The van der Waals surface area contributed by atoms with Crippen LogP contribution in [-0.4, -0.2) is 33.2 Å². The number of methoxy groups -OCH3 is 3. The molecule has 34 heavy (non-hydrogen) atoms. The average molecular weight is 482 g/mol. The highest BCUT2D eigenvalue weighted by atomic mass is 35.5. The summed E-state index contributed by atoms with van der Waals surface area (Å²) < 4.78 is 21.2. The van der Waals surface area contributed by atoms with Gasteiger partial charge in [0.2, 0.25) is 6.10 Å². The molecule has 3 aromatic carbocycles. The Morgan fingerprint density at radius 3 is 2.35 bits per heavy atom. The Morgan fingerprint density at radius 2 is 1.68 bits per heavy atom. The minimum atomic E-state index is -1.17. The molecule has 1 N–H and O–H groups in total. The minimum absolute atomic E-state index is 0.328. The summed E-state index contributed by atoms with van der Waals surface area (Å²) in [6.07, 6.45) is 1.56. The molecule has 0 saturated heterocycles. The molecule has 0 fully saturated rings. The number of esters is 1. The van der Waals surface area contributed by atoms with Crippen LogP contribution in [0.15, 0.2) is 72.8 Å². The number of rotatable bonds is 9. The van der Waals surface area contributed by atoms with E-state index < -0.39 is 18.0 Å². The summed E-state index contributed by atoms with van der Waals surface area (Å²) in [5, 5.41) is 3.09. The lowest BCUT2D eigenvalue weighted by Crippen LogP contribution is -2.25. The summed E-state index contributed by atoms with van der Waals surface area (Å²) in [6.45, 7) is 0. The number of nitrogens with one attached hydrogen (secondary N) is 1. The predicted octanol–water partition coefficient (Wildman–Crippen LogP) is 5.30. The van der Waals surface area contributed by atoms with E-state index in [4.69, 9.17) is 30.5 Å². The molecular formula is C26H24ClNO6. The van der Waals surface area contributed by atoms with E-state index >= 15 is 0 Å². The highest BCUT2D eigenvalue weighted by Crippen LogP contribution is 2.36. The van der Waals surface area contributed by atoms with Gasteiger partial charge < -0.3 is 24.3 Å². The number of halogens is 1. The Bertz CT molecular complexity index is 1180. The number of benzene rings is 3. The SMILES string of the molecule is COc1cccc(NC(=O)C(OC(=O)/C=C/c2cc(Cl)c(OC)c(OC)c2)c2ccccc2)c1. The maximum atomic E-state index is 13.0. The maximum Gasteiger partial charge on any atom is 0.331 e. The van der Waals surface area contributed by atoms with E-state index in [1.165, 1.54) is 33.5 Å². The smallest absolute Gasteiger partial charge is 0.331 e. The number of hydrogen-bond donors (Lipinski definition) is 1. The first-order valence-corrected chi connectivity index (χ1v) is 10.6. The molecule has 0 spiro atoms. The highest BCUT2D eigenvalue weighted by Gasteiger charge is 2.24. The number of carbonyl (C=O) groups is 2. The quantitative estimate of drug-likeness (QED) is 0.330. The molecular weight excluding hydrogens is 458 g/mol. The summed E-state index contributed by atoms with van der Waals surface area (Å²) in [5.41, 5.74) is 1.63. The molecule has 7 nitrogen and oxygen atoms in total. The van der Waals surface area contributed by atoms with Gasteiger partial charge in [0, 0.05) is 23.4 Å². The largest absolute Gasteiger partial charge is 0.497 e. The van der Waals surface area contributed by atoms with Crippen molar-refractivity contribution in [2.45, 2.75) is 6.10 Å². The van der Waals surface area contributed by atoms with Crippen LogP contribution in [0.25, 0.3) is 6.08 Å².